The highest BCUT2D eigenvalue weighted by Gasteiger charge is 2.24. The van der Waals surface area contributed by atoms with Crippen molar-refractivity contribution >= 4 is 91.2 Å². The zero-order valence-electron chi connectivity index (χ0n) is 33.1. The Kier molecular flexibility index (Phi) is 8.96. The number of benzene rings is 8. The van der Waals surface area contributed by atoms with Crippen LogP contribution in [0.1, 0.15) is 33.4 Å². The molecule has 0 spiro atoms. The third-order valence-corrected chi connectivity index (χ3v) is 12.7. The molecule has 0 aliphatic heterocycles. The lowest BCUT2D eigenvalue weighted by molar-refractivity contribution is 1.15. The fourth-order valence-corrected chi connectivity index (χ4v) is 10.4. The molecular weight excluding hydrogens is 721 g/mol. The Balaban J connectivity index is 0.00000201. The fraction of sp³-hybridized carbons (Fsp3) is 0.0727. The highest BCUT2D eigenvalue weighted by molar-refractivity contribution is 7.27. The van der Waals surface area contributed by atoms with Crippen molar-refractivity contribution in [3.8, 4) is 28.1 Å². The van der Waals surface area contributed by atoms with Gasteiger partial charge in [-0.1, -0.05) is 178 Å². The van der Waals surface area contributed by atoms with E-state index >= 15 is 0 Å². The number of allylic oxidation sites excluding steroid dienone is 4. The topological polar surface area (TPSA) is 17.8 Å². The van der Waals surface area contributed by atoms with E-state index in [-0.39, 0.29) is 0 Å². The average Bonchev–Trinajstić information content (AvgIpc) is 3.86. The summed E-state index contributed by atoms with van der Waals surface area (Å²) in [6, 6.07) is 60.0. The van der Waals surface area contributed by atoms with E-state index in [9.17, 15) is 0 Å². The van der Waals surface area contributed by atoms with Gasteiger partial charge in [0.25, 0.3) is 0 Å². The molecule has 0 fully saturated rings. The lowest BCUT2D eigenvalue weighted by Crippen LogP contribution is -2.00. The average molecular weight is 763 g/mol. The van der Waals surface area contributed by atoms with Gasteiger partial charge in [-0.25, -0.2) is 4.98 Å². The molecule has 2 nitrogen and oxygen atoms in total. The van der Waals surface area contributed by atoms with Crippen LogP contribution in [0, 0.1) is 0 Å². The van der Waals surface area contributed by atoms with Crippen LogP contribution in [0.15, 0.2) is 182 Å². The SMILES string of the molecule is C/C=C\C(=C/C)c1cc(-n2c3ccc4c5cccc(-c6cccc7ccccc67)c5sc4c3c3c4ccccc4c4ccccc4c32)cc(-c2ccccc2)n1.CC. The van der Waals surface area contributed by atoms with Crippen LogP contribution in [-0.2, 0) is 0 Å². The molecule has 0 atom stereocenters. The van der Waals surface area contributed by atoms with Crippen LogP contribution in [0.2, 0.25) is 0 Å². The van der Waals surface area contributed by atoms with Crippen molar-refractivity contribution in [1.29, 1.82) is 0 Å². The highest BCUT2D eigenvalue weighted by atomic mass is 32.1. The molecule has 0 aliphatic rings. The first kappa shape index (κ1) is 35.6. The standard InChI is InChI=1S/C53H36N2S.C2H6/c1-3-16-33(4-2)46-31-36(32-47(54-46)35-18-6-5-7-19-35)55-48-30-29-45-44-28-15-27-43(38-26-14-20-34-17-8-9-21-37(34)38)52(44)56-53(45)50(48)49-41-24-12-10-22-39(41)40-23-11-13-25-42(40)51(49)55;1-2/h3-32H,1-2H3;1-2H3/b16-3-,33-4+;. The Morgan fingerprint density at radius 2 is 1.16 bits per heavy atom. The zero-order valence-corrected chi connectivity index (χ0v) is 33.9. The second kappa shape index (κ2) is 14.6. The molecule has 58 heavy (non-hydrogen) atoms. The van der Waals surface area contributed by atoms with Crippen molar-refractivity contribution < 1.29 is 0 Å². The molecule has 8 aromatic carbocycles. The Morgan fingerprint density at radius 1 is 0.534 bits per heavy atom. The Hall–Kier alpha value is -6.81. The molecule has 0 saturated heterocycles. The zero-order chi connectivity index (χ0) is 39.3. The van der Waals surface area contributed by atoms with Crippen molar-refractivity contribution in [2.24, 2.45) is 0 Å². The van der Waals surface area contributed by atoms with Gasteiger partial charge in [0.2, 0.25) is 0 Å². The summed E-state index contributed by atoms with van der Waals surface area (Å²) in [4.78, 5) is 5.28. The fourth-order valence-electron chi connectivity index (χ4n) is 9.01. The molecule has 0 radical (unpaired) electrons. The normalized spacial score (nSPS) is 12.2. The number of aromatic nitrogens is 2. The maximum Gasteiger partial charge on any atom is 0.0730 e. The van der Waals surface area contributed by atoms with Gasteiger partial charge in [0.05, 0.1) is 28.1 Å². The summed E-state index contributed by atoms with van der Waals surface area (Å²) < 4.78 is 5.16. The minimum atomic E-state index is 0.949. The van der Waals surface area contributed by atoms with Gasteiger partial charge in [0, 0.05) is 47.5 Å². The van der Waals surface area contributed by atoms with Crippen LogP contribution in [0.25, 0.3) is 108 Å². The summed E-state index contributed by atoms with van der Waals surface area (Å²) in [6.45, 7) is 8.16. The summed E-state index contributed by atoms with van der Waals surface area (Å²) in [5, 5.41) is 12.7. The maximum absolute atomic E-state index is 5.28. The first-order valence-electron chi connectivity index (χ1n) is 20.3. The summed E-state index contributed by atoms with van der Waals surface area (Å²) in [6.07, 6.45) is 6.41. The van der Waals surface area contributed by atoms with Gasteiger partial charge < -0.3 is 4.57 Å². The number of hydrogen-bond donors (Lipinski definition) is 0. The smallest absolute Gasteiger partial charge is 0.0730 e. The third kappa shape index (κ3) is 5.49. The van der Waals surface area contributed by atoms with Gasteiger partial charge in [-0.3, -0.25) is 0 Å². The molecule has 3 aromatic heterocycles. The van der Waals surface area contributed by atoms with Gasteiger partial charge >= 0.3 is 0 Å². The molecule has 3 heteroatoms. The molecular formula is C55H42N2S. The van der Waals surface area contributed by atoms with Crippen LogP contribution < -0.4 is 0 Å². The van der Waals surface area contributed by atoms with Crippen molar-refractivity contribution in [2.45, 2.75) is 27.7 Å². The summed E-state index contributed by atoms with van der Waals surface area (Å²) in [7, 11) is 0. The molecule has 11 aromatic rings. The van der Waals surface area contributed by atoms with E-state index in [1.54, 1.807) is 0 Å². The molecule has 278 valence electrons. The monoisotopic (exact) mass is 762 g/mol. The largest absolute Gasteiger partial charge is 0.308 e. The quantitative estimate of drug-likeness (QED) is 0.126. The Labute approximate surface area is 342 Å². The first-order valence-corrected chi connectivity index (χ1v) is 21.1. The molecule has 0 saturated carbocycles. The Bertz CT molecular complexity index is 3430. The van der Waals surface area contributed by atoms with E-state index in [0.717, 1.165) is 28.2 Å². The predicted molar refractivity (Wildman–Crippen MR) is 255 cm³/mol. The van der Waals surface area contributed by atoms with Crippen LogP contribution in [0.5, 0.6) is 0 Å². The number of pyridine rings is 1. The maximum atomic E-state index is 5.28. The number of nitrogens with zero attached hydrogens (tertiary/aromatic N) is 2. The van der Waals surface area contributed by atoms with E-state index in [1.807, 2.05) is 25.2 Å². The molecule has 0 amide bonds. The number of fused-ring (bicyclic) bond motifs is 13. The highest BCUT2D eigenvalue weighted by Crippen LogP contribution is 2.50. The van der Waals surface area contributed by atoms with E-state index in [0.29, 0.717) is 0 Å². The van der Waals surface area contributed by atoms with Gasteiger partial charge in [0.15, 0.2) is 0 Å². The second-order valence-electron chi connectivity index (χ2n) is 14.5. The first-order chi connectivity index (χ1) is 28.7. The molecule has 3 heterocycles. The van der Waals surface area contributed by atoms with Crippen LogP contribution in [-0.4, -0.2) is 9.55 Å². The van der Waals surface area contributed by atoms with Crippen molar-refractivity contribution in [2.75, 3.05) is 0 Å². The predicted octanol–water partition coefficient (Wildman–Crippen LogP) is 16.3. The molecule has 0 bridgehead atoms. The molecule has 11 rings (SSSR count). The minimum Gasteiger partial charge on any atom is -0.308 e. The number of thiophene rings is 1. The minimum absolute atomic E-state index is 0.949. The van der Waals surface area contributed by atoms with Crippen LogP contribution >= 0.6 is 11.3 Å². The van der Waals surface area contributed by atoms with E-state index in [2.05, 4.69) is 200 Å². The molecule has 0 N–H and O–H groups in total. The van der Waals surface area contributed by atoms with Crippen molar-refractivity contribution in [3.05, 3.63) is 188 Å². The lowest BCUT2D eigenvalue weighted by Gasteiger charge is -2.15. The lowest BCUT2D eigenvalue weighted by atomic mass is 9.95. The summed E-state index contributed by atoms with van der Waals surface area (Å²) >= 11 is 1.93. The van der Waals surface area contributed by atoms with Gasteiger partial charge in [-0.15, -0.1) is 11.3 Å². The Morgan fingerprint density at radius 3 is 1.93 bits per heavy atom. The number of hydrogen-bond acceptors (Lipinski definition) is 2. The van der Waals surface area contributed by atoms with Gasteiger partial charge in [0.1, 0.15) is 0 Å². The third-order valence-electron chi connectivity index (χ3n) is 11.4. The van der Waals surface area contributed by atoms with E-state index in [4.69, 9.17) is 4.98 Å². The second-order valence-corrected chi connectivity index (χ2v) is 15.5. The molecule has 0 unspecified atom stereocenters. The van der Waals surface area contributed by atoms with Crippen LogP contribution in [0.3, 0.4) is 0 Å². The van der Waals surface area contributed by atoms with Gasteiger partial charge in [-0.05, 0) is 70.1 Å². The van der Waals surface area contributed by atoms with Crippen molar-refractivity contribution in [3.63, 3.8) is 0 Å². The van der Waals surface area contributed by atoms with E-state index < -0.39 is 0 Å². The van der Waals surface area contributed by atoms with E-state index in [1.165, 1.54) is 85.4 Å². The molecule has 0 aliphatic carbocycles. The summed E-state index contributed by atoms with van der Waals surface area (Å²) in [5.41, 5.74) is 10.1. The van der Waals surface area contributed by atoms with Crippen LogP contribution in [0.4, 0.5) is 0 Å². The number of rotatable bonds is 5. The van der Waals surface area contributed by atoms with Gasteiger partial charge in [-0.2, -0.15) is 0 Å². The summed E-state index contributed by atoms with van der Waals surface area (Å²) in [5.74, 6) is 0. The van der Waals surface area contributed by atoms with Crippen molar-refractivity contribution in [1.82, 2.24) is 9.55 Å².